The topological polar surface area (TPSA) is 24.7 Å². The van der Waals surface area contributed by atoms with Crippen LogP contribution in [0.3, 0.4) is 0 Å². The van der Waals surface area contributed by atoms with Crippen LogP contribution in [0.25, 0.3) is 0 Å². The molecule has 2 aliphatic carbocycles. The van der Waals surface area contributed by atoms with Crippen LogP contribution in [0.2, 0.25) is 0 Å². The Morgan fingerprint density at radius 2 is 1.24 bits per heavy atom. The lowest BCUT2D eigenvalue weighted by Gasteiger charge is -2.36. The zero-order chi connectivity index (χ0) is 19.1. The second-order valence-corrected chi connectivity index (χ2v) is 10.9. The van der Waals surface area contributed by atoms with E-state index in [4.69, 9.17) is 69.6 Å². The van der Waals surface area contributed by atoms with Crippen molar-refractivity contribution in [3.8, 4) is 0 Å². The highest BCUT2D eigenvalue weighted by Gasteiger charge is 2.45. The first-order valence-corrected chi connectivity index (χ1v) is 9.61. The van der Waals surface area contributed by atoms with Gasteiger partial charge in [0.2, 0.25) is 7.59 Å². The van der Waals surface area contributed by atoms with E-state index in [1.54, 1.807) is 30.4 Å². The van der Waals surface area contributed by atoms with Gasteiger partial charge in [-0.05, 0) is 45.1 Å². The van der Waals surface area contributed by atoms with Gasteiger partial charge in [0, 0.05) is 0 Å². The van der Waals surface area contributed by atoms with Crippen molar-refractivity contribution in [3.05, 3.63) is 48.1 Å². The summed E-state index contributed by atoms with van der Waals surface area (Å²) in [5.41, 5.74) is 0.798. The number of nitrogens with zero attached hydrogens (tertiary/aromatic N) is 2. The van der Waals surface area contributed by atoms with Crippen molar-refractivity contribution in [2.24, 2.45) is 21.0 Å². The van der Waals surface area contributed by atoms with Crippen LogP contribution < -0.4 is 0 Å². The summed E-state index contributed by atoms with van der Waals surface area (Å²) in [4.78, 5) is 0. The molecule has 0 aromatic carbocycles. The maximum atomic E-state index is 6.08. The molecule has 2 rings (SSSR count). The largest absolute Gasteiger partial charge is 0.202 e. The quantitative estimate of drug-likeness (QED) is 0.292. The second-order valence-electron chi connectivity index (χ2n) is 6.36. The first-order valence-electron chi connectivity index (χ1n) is 7.34. The van der Waals surface area contributed by atoms with Gasteiger partial charge in [-0.2, -0.15) is 10.2 Å². The molecule has 0 fully saturated rings. The smallest absolute Gasteiger partial charge is 0.151 e. The molecule has 8 heteroatoms. The van der Waals surface area contributed by atoms with Crippen molar-refractivity contribution < 1.29 is 0 Å². The van der Waals surface area contributed by atoms with Gasteiger partial charge >= 0.3 is 0 Å². The van der Waals surface area contributed by atoms with Gasteiger partial charge in [0.1, 0.15) is 0 Å². The molecular formula is C17H16Cl6N2. The van der Waals surface area contributed by atoms with E-state index in [1.165, 1.54) is 0 Å². The van der Waals surface area contributed by atoms with E-state index in [1.807, 2.05) is 32.9 Å². The Kier molecular flexibility index (Phi) is 6.16. The third-order valence-corrected chi connectivity index (χ3v) is 6.85. The van der Waals surface area contributed by atoms with Crippen LogP contribution in [0.5, 0.6) is 0 Å². The third-order valence-electron chi connectivity index (χ3n) is 4.45. The molecule has 2 aliphatic rings. The van der Waals surface area contributed by atoms with Gasteiger partial charge < -0.3 is 0 Å². The standard InChI is InChI=1S/C17H16Cl6N2/c1-11-10-13(6-9-15(11,3)17(21,22)23)25-24-12-4-7-14(2,8-5-12)16(18,19)20/h4-10H,1-3H3/b24-12?,25-13+. The monoisotopic (exact) mass is 458 g/mol. The molecule has 0 heterocycles. The first-order chi connectivity index (χ1) is 11.3. The van der Waals surface area contributed by atoms with Crippen LogP contribution in [0.1, 0.15) is 20.8 Å². The Morgan fingerprint density at radius 3 is 1.68 bits per heavy atom. The van der Waals surface area contributed by atoms with Crippen LogP contribution in [-0.2, 0) is 0 Å². The van der Waals surface area contributed by atoms with E-state index in [0.717, 1.165) is 5.57 Å². The summed E-state index contributed by atoms with van der Waals surface area (Å²) in [5.74, 6) is 0. The maximum Gasteiger partial charge on any atom is 0.202 e. The molecule has 0 spiro atoms. The SMILES string of the molecule is CC1=C/C(=N/N=C2C=CC(C)(C(Cl)(Cl)Cl)C=C2)C=CC1(C)C(Cl)(Cl)Cl. The zero-order valence-corrected chi connectivity index (χ0v) is 18.2. The number of rotatable bonds is 1. The van der Waals surface area contributed by atoms with E-state index < -0.39 is 18.4 Å². The number of hydrogen-bond donors (Lipinski definition) is 0. The van der Waals surface area contributed by atoms with Gasteiger partial charge in [0.15, 0.2) is 0 Å². The lowest BCUT2D eigenvalue weighted by Crippen LogP contribution is -2.33. The van der Waals surface area contributed by atoms with E-state index in [9.17, 15) is 0 Å². The summed E-state index contributed by atoms with van der Waals surface area (Å²) >= 11 is 36.2. The molecule has 0 aliphatic heterocycles. The Morgan fingerprint density at radius 1 is 0.760 bits per heavy atom. The van der Waals surface area contributed by atoms with Gasteiger partial charge in [-0.15, -0.1) is 0 Å². The minimum atomic E-state index is -1.45. The van der Waals surface area contributed by atoms with E-state index in [0.29, 0.717) is 11.4 Å². The number of halogens is 6. The summed E-state index contributed by atoms with van der Waals surface area (Å²) < 4.78 is -2.89. The molecule has 0 N–H and O–H groups in total. The van der Waals surface area contributed by atoms with E-state index in [2.05, 4.69) is 10.2 Å². The summed E-state index contributed by atoms with van der Waals surface area (Å²) in [5, 5.41) is 8.43. The highest BCUT2D eigenvalue weighted by molar-refractivity contribution is 6.68. The highest BCUT2D eigenvalue weighted by atomic mass is 35.6. The Labute approximate surface area is 177 Å². The maximum absolute atomic E-state index is 6.08. The summed E-state index contributed by atoms with van der Waals surface area (Å²) in [7, 11) is 0. The first kappa shape index (κ1) is 21.3. The van der Waals surface area contributed by atoms with E-state index >= 15 is 0 Å². The molecule has 0 saturated heterocycles. The van der Waals surface area contributed by atoms with Crippen molar-refractivity contribution in [2.45, 2.75) is 28.4 Å². The molecule has 25 heavy (non-hydrogen) atoms. The molecule has 2 nitrogen and oxygen atoms in total. The van der Waals surface area contributed by atoms with Crippen LogP contribution in [0.4, 0.5) is 0 Å². The molecular weight excluding hydrogens is 445 g/mol. The predicted octanol–water partition coefficient (Wildman–Crippen LogP) is 7.18. The predicted molar refractivity (Wildman–Crippen MR) is 113 cm³/mol. The minimum absolute atomic E-state index is 0.647. The molecule has 0 aromatic rings. The molecule has 0 radical (unpaired) electrons. The lowest BCUT2D eigenvalue weighted by molar-refractivity contribution is 0.525. The normalized spacial score (nSPS) is 31.5. The highest BCUT2D eigenvalue weighted by Crippen LogP contribution is 2.51. The zero-order valence-electron chi connectivity index (χ0n) is 13.7. The van der Waals surface area contributed by atoms with Crippen LogP contribution in [0.15, 0.2) is 58.3 Å². The van der Waals surface area contributed by atoms with Gasteiger partial charge in [-0.25, -0.2) is 0 Å². The second kappa shape index (κ2) is 7.22. The van der Waals surface area contributed by atoms with Crippen molar-refractivity contribution in [3.63, 3.8) is 0 Å². The van der Waals surface area contributed by atoms with Crippen LogP contribution in [-0.4, -0.2) is 19.0 Å². The van der Waals surface area contributed by atoms with Crippen molar-refractivity contribution in [1.82, 2.24) is 0 Å². The number of alkyl halides is 6. The summed E-state index contributed by atoms with van der Waals surface area (Å²) in [6, 6.07) is 0. The van der Waals surface area contributed by atoms with Gasteiger partial charge in [-0.3, -0.25) is 0 Å². The fourth-order valence-corrected chi connectivity index (χ4v) is 3.20. The van der Waals surface area contributed by atoms with Crippen molar-refractivity contribution in [1.29, 1.82) is 0 Å². The van der Waals surface area contributed by atoms with Gasteiger partial charge in [0.25, 0.3) is 0 Å². The molecule has 0 bridgehead atoms. The van der Waals surface area contributed by atoms with E-state index in [-0.39, 0.29) is 0 Å². The third kappa shape index (κ3) is 4.48. The molecule has 1 atom stereocenters. The minimum Gasteiger partial charge on any atom is -0.151 e. The Bertz CT molecular complexity index is 715. The molecule has 1 unspecified atom stereocenters. The Hall–Kier alpha value is 0.0400. The number of hydrogen-bond acceptors (Lipinski definition) is 2. The lowest BCUT2D eigenvalue weighted by atomic mass is 9.80. The Balaban J connectivity index is 2.21. The molecule has 0 saturated carbocycles. The van der Waals surface area contributed by atoms with Crippen LogP contribution >= 0.6 is 69.6 Å². The van der Waals surface area contributed by atoms with Crippen molar-refractivity contribution in [2.75, 3.05) is 0 Å². The van der Waals surface area contributed by atoms with Crippen molar-refractivity contribution >= 4 is 81.0 Å². The fourth-order valence-electron chi connectivity index (χ4n) is 2.18. The summed E-state index contributed by atoms with van der Waals surface area (Å²) in [6.45, 7) is 5.57. The molecule has 0 amide bonds. The molecule has 0 aromatic heterocycles. The fraction of sp³-hybridized carbons (Fsp3) is 0.412. The van der Waals surface area contributed by atoms with Crippen LogP contribution in [0, 0.1) is 10.8 Å². The number of allylic oxidation sites excluding steroid dienone is 8. The summed E-state index contributed by atoms with van der Waals surface area (Å²) in [6.07, 6.45) is 12.5. The van der Waals surface area contributed by atoms with Gasteiger partial charge in [-0.1, -0.05) is 93.4 Å². The molecule has 136 valence electrons. The average Bonchev–Trinajstić information content (AvgIpc) is 2.48. The van der Waals surface area contributed by atoms with Gasteiger partial charge in [0.05, 0.1) is 22.3 Å². The average molecular weight is 461 g/mol.